The third kappa shape index (κ3) is 4.93. The number of nitrogens with one attached hydrogen (secondary N) is 1. The number of sulfone groups is 1. The van der Waals surface area contributed by atoms with Gasteiger partial charge in [-0.25, -0.2) is 8.42 Å². The van der Waals surface area contributed by atoms with Gasteiger partial charge in [0.1, 0.15) is 0 Å². The minimum Gasteiger partial charge on any atom is -0.309 e. The Balaban J connectivity index is 2.86. The summed E-state index contributed by atoms with van der Waals surface area (Å²) < 4.78 is 24.1. The quantitative estimate of drug-likeness (QED) is 0.867. The van der Waals surface area contributed by atoms with Crippen LogP contribution in [0, 0.1) is 5.41 Å². The molecule has 0 radical (unpaired) electrons. The van der Waals surface area contributed by atoms with Gasteiger partial charge >= 0.3 is 0 Å². The summed E-state index contributed by atoms with van der Waals surface area (Å²) in [5, 5.41) is 3.58. The van der Waals surface area contributed by atoms with Crippen LogP contribution in [0.4, 0.5) is 0 Å². The predicted molar refractivity (Wildman–Crippen MR) is 90.4 cm³/mol. The monoisotopic (exact) mass is 318 g/mol. The summed E-state index contributed by atoms with van der Waals surface area (Å²) in [5.74, 6) is 0.235. The van der Waals surface area contributed by atoms with Crippen LogP contribution in [-0.4, -0.2) is 55.0 Å². The van der Waals surface area contributed by atoms with Gasteiger partial charge in [-0.15, -0.1) is 0 Å². The molecule has 0 bridgehead atoms. The van der Waals surface area contributed by atoms with Crippen LogP contribution < -0.4 is 5.32 Å². The molecule has 0 aromatic rings. The molecule has 4 nitrogen and oxygen atoms in total. The smallest absolute Gasteiger partial charge is 0.156 e. The van der Waals surface area contributed by atoms with Crippen molar-refractivity contribution in [2.45, 2.75) is 71.7 Å². The van der Waals surface area contributed by atoms with Crippen molar-refractivity contribution in [1.29, 1.82) is 0 Å². The van der Waals surface area contributed by atoms with Crippen molar-refractivity contribution in [3.05, 3.63) is 0 Å². The lowest BCUT2D eigenvalue weighted by Crippen LogP contribution is -2.65. The normalized spacial score (nSPS) is 25.0. The summed E-state index contributed by atoms with van der Waals surface area (Å²) in [6.07, 6.45) is 0. The van der Waals surface area contributed by atoms with Crippen LogP contribution in [0.3, 0.4) is 0 Å². The lowest BCUT2D eigenvalue weighted by Gasteiger charge is -2.49. The second-order valence-corrected chi connectivity index (χ2v) is 11.9. The molecule has 0 aromatic heterocycles. The van der Waals surface area contributed by atoms with E-state index in [1.807, 2.05) is 0 Å². The molecule has 21 heavy (non-hydrogen) atoms. The Morgan fingerprint density at radius 2 is 1.67 bits per heavy atom. The van der Waals surface area contributed by atoms with E-state index in [1.54, 1.807) is 20.8 Å². The van der Waals surface area contributed by atoms with Crippen LogP contribution in [-0.2, 0) is 9.84 Å². The number of nitrogens with zero attached hydrogens (tertiary/aromatic N) is 1. The molecule has 1 rings (SSSR count). The van der Waals surface area contributed by atoms with E-state index >= 15 is 0 Å². The number of rotatable bonds is 3. The van der Waals surface area contributed by atoms with Gasteiger partial charge in [-0.3, -0.25) is 4.90 Å². The standard InChI is InChI=1S/C16H34N2O2S/c1-14(2,3)13-11-17-16(7,8)12-18(13)9-10-21(19,20)15(4,5)6/h13,17H,9-12H2,1-8H3. The summed E-state index contributed by atoms with van der Waals surface area (Å²) in [4.78, 5) is 2.36. The Morgan fingerprint density at radius 3 is 2.10 bits per heavy atom. The molecule has 0 spiro atoms. The summed E-state index contributed by atoms with van der Waals surface area (Å²) >= 11 is 0. The van der Waals surface area contributed by atoms with E-state index in [-0.39, 0.29) is 16.7 Å². The highest BCUT2D eigenvalue weighted by molar-refractivity contribution is 7.92. The van der Waals surface area contributed by atoms with Gasteiger partial charge in [0, 0.05) is 31.2 Å². The van der Waals surface area contributed by atoms with Crippen LogP contribution >= 0.6 is 0 Å². The van der Waals surface area contributed by atoms with Crippen molar-refractivity contribution in [1.82, 2.24) is 10.2 Å². The molecule has 126 valence electrons. The molecule has 1 N–H and O–H groups in total. The van der Waals surface area contributed by atoms with Crippen molar-refractivity contribution in [2.24, 2.45) is 5.41 Å². The Kier molecular flexibility index (Phi) is 5.24. The molecule has 0 saturated carbocycles. The van der Waals surface area contributed by atoms with Gasteiger partial charge in [0.15, 0.2) is 9.84 Å². The summed E-state index contributed by atoms with van der Waals surface area (Å²) in [6, 6.07) is 0.362. The Bertz CT molecular complexity index is 456. The van der Waals surface area contributed by atoms with Gasteiger partial charge in [0.25, 0.3) is 0 Å². The lowest BCUT2D eigenvalue weighted by atomic mass is 9.82. The van der Waals surface area contributed by atoms with Crippen LogP contribution in [0.25, 0.3) is 0 Å². The van der Waals surface area contributed by atoms with Gasteiger partial charge in [0.2, 0.25) is 0 Å². The molecule has 5 heteroatoms. The number of hydrogen-bond acceptors (Lipinski definition) is 4. The van der Waals surface area contributed by atoms with Gasteiger partial charge in [-0.05, 0) is 40.0 Å². The van der Waals surface area contributed by atoms with E-state index in [0.717, 1.165) is 13.1 Å². The minimum absolute atomic E-state index is 0.0350. The summed E-state index contributed by atoms with van der Waals surface area (Å²) in [5.41, 5.74) is 0.169. The fourth-order valence-electron chi connectivity index (χ4n) is 2.81. The molecular weight excluding hydrogens is 284 g/mol. The first kappa shape index (κ1) is 18.9. The molecule has 1 unspecified atom stereocenters. The predicted octanol–water partition coefficient (Wildman–Crippen LogP) is 2.30. The van der Waals surface area contributed by atoms with E-state index in [9.17, 15) is 8.42 Å². The molecule has 1 aliphatic rings. The second kappa shape index (κ2) is 5.82. The second-order valence-electron chi connectivity index (χ2n) is 9.05. The maximum absolute atomic E-state index is 12.4. The molecule has 0 aromatic carbocycles. The Hall–Kier alpha value is -0.130. The number of piperazine rings is 1. The molecule has 1 atom stereocenters. The minimum atomic E-state index is -3.07. The zero-order chi connectivity index (χ0) is 16.7. The molecule has 1 heterocycles. The van der Waals surface area contributed by atoms with Crippen molar-refractivity contribution in [3.8, 4) is 0 Å². The van der Waals surface area contributed by atoms with Crippen LogP contribution in [0.15, 0.2) is 0 Å². The third-order valence-corrected chi connectivity index (χ3v) is 6.98. The maximum atomic E-state index is 12.4. The van der Waals surface area contributed by atoms with Crippen LogP contribution in [0.5, 0.6) is 0 Å². The highest BCUT2D eigenvalue weighted by Gasteiger charge is 2.39. The average molecular weight is 319 g/mol. The molecule has 0 aliphatic carbocycles. The fraction of sp³-hybridized carbons (Fsp3) is 1.00. The van der Waals surface area contributed by atoms with Crippen LogP contribution in [0.1, 0.15) is 55.4 Å². The van der Waals surface area contributed by atoms with Gasteiger partial charge < -0.3 is 5.32 Å². The van der Waals surface area contributed by atoms with E-state index in [0.29, 0.717) is 12.6 Å². The topological polar surface area (TPSA) is 49.4 Å². The Labute approximate surface area is 131 Å². The third-order valence-electron chi connectivity index (χ3n) is 4.39. The highest BCUT2D eigenvalue weighted by Crippen LogP contribution is 2.29. The van der Waals surface area contributed by atoms with Crippen molar-refractivity contribution >= 4 is 9.84 Å². The first-order valence-electron chi connectivity index (χ1n) is 7.87. The molecular formula is C16H34N2O2S. The average Bonchev–Trinajstić information content (AvgIpc) is 2.21. The van der Waals surface area contributed by atoms with E-state index in [1.165, 1.54) is 0 Å². The van der Waals surface area contributed by atoms with Gasteiger partial charge in [-0.1, -0.05) is 20.8 Å². The SMILES string of the molecule is CC1(C)CN(CCS(=O)(=O)C(C)(C)C)C(C(C)(C)C)CN1. The van der Waals surface area contributed by atoms with Gasteiger partial charge in [-0.2, -0.15) is 0 Å². The summed E-state index contributed by atoms with van der Waals surface area (Å²) in [7, 11) is -3.07. The van der Waals surface area contributed by atoms with E-state index in [4.69, 9.17) is 0 Å². The van der Waals surface area contributed by atoms with Gasteiger partial charge in [0.05, 0.1) is 10.5 Å². The largest absolute Gasteiger partial charge is 0.309 e. The summed E-state index contributed by atoms with van der Waals surface area (Å²) in [6.45, 7) is 18.8. The molecule has 1 saturated heterocycles. The maximum Gasteiger partial charge on any atom is 0.156 e. The fourth-order valence-corrected chi connectivity index (χ4v) is 3.90. The first-order valence-corrected chi connectivity index (χ1v) is 9.52. The zero-order valence-electron chi connectivity index (χ0n) is 15.1. The molecule has 1 aliphatic heterocycles. The number of hydrogen-bond donors (Lipinski definition) is 1. The van der Waals surface area contributed by atoms with Crippen molar-refractivity contribution < 1.29 is 8.42 Å². The highest BCUT2D eigenvalue weighted by atomic mass is 32.2. The first-order chi connectivity index (χ1) is 9.16. The lowest BCUT2D eigenvalue weighted by molar-refractivity contribution is 0.0380. The van der Waals surface area contributed by atoms with Crippen molar-refractivity contribution in [3.63, 3.8) is 0 Å². The van der Waals surface area contributed by atoms with E-state index < -0.39 is 14.6 Å². The van der Waals surface area contributed by atoms with Crippen LogP contribution in [0.2, 0.25) is 0 Å². The van der Waals surface area contributed by atoms with Crippen molar-refractivity contribution in [2.75, 3.05) is 25.4 Å². The zero-order valence-corrected chi connectivity index (χ0v) is 15.9. The molecule has 1 fully saturated rings. The Morgan fingerprint density at radius 1 is 1.14 bits per heavy atom. The molecule has 0 amide bonds. The van der Waals surface area contributed by atoms with E-state index in [2.05, 4.69) is 44.8 Å².